The molecule has 1 aromatic rings. The number of aromatic nitrogens is 1. The molecule has 1 saturated carbocycles. The second-order valence-corrected chi connectivity index (χ2v) is 4.88. The number of rotatable bonds is 6. The molecule has 0 unspecified atom stereocenters. The number of nitrogens with two attached hydrogens (primary N) is 2. The second kappa shape index (κ2) is 5.25. The third-order valence-electron chi connectivity index (χ3n) is 3.18. The average Bonchev–Trinajstić information content (AvgIpc) is 3.13. The Bertz CT molecular complexity index is 443. The molecule has 0 spiro atoms. The molecule has 1 aliphatic carbocycles. The highest BCUT2D eigenvalue weighted by Crippen LogP contribution is 2.31. The largest absolute Gasteiger partial charge is 0.397 e. The maximum atomic E-state index is 11.3. The topological polar surface area (TPSA) is 85.2 Å². The minimum atomic E-state index is -0.501. The number of primary amides is 1. The van der Waals surface area contributed by atoms with Crippen molar-refractivity contribution in [2.24, 2.45) is 11.7 Å². The van der Waals surface area contributed by atoms with Gasteiger partial charge in [-0.3, -0.25) is 4.79 Å². The van der Waals surface area contributed by atoms with Crippen LogP contribution in [0.3, 0.4) is 0 Å². The van der Waals surface area contributed by atoms with Gasteiger partial charge in [0.25, 0.3) is 5.91 Å². The summed E-state index contributed by atoms with van der Waals surface area (Å²) in [5.74, 6) is 1.07. The number of pyridine rings is 1. The van der Waals surface area contributed by atoms with Gasteiger partial charge in [0.05, 0.1) is 17.4 Å². The molecule has 98 valence electrons. The first-order valence-corrected chi connectivity index (χ1v) is 6.42. The van der Waals surface area contributed by atoms with E-state index in [2.05, 4.69) is 16.8 Å². The molecular weight excluding hydrogens is 228 g/mol. The van der Waals surface area contributed by atoms with Gasteiger partial charge >= 0.3 is 0 Å². The SMILES string of the molecule is CCCN(CC1CC1)c1cc(C(N)=O)c(N)cn1. The van der Waals surface area contributed by atoms with E-state index in [1.165, 1.54) is 19.0 Å². The maximum absolute atomic E-state index is 11.3. The predicted octanol–water partition coefficient (Wildman–Crippen LogP) is 1.39. The van der Waals surface area contributed by atoms with E-state index in [-0.39, 0.29) is 0 Å². The molecular formula is C13H20N4O. The molecule has 4 N–H and O–H groups in total. The van der Waals surface area contributed by atoms with Crippen LogP contribution in [-0.4, -0.2) is 24.0 Å². The Balaban J connectivity index is 2.22. The highest BCUT2D eigenvalue weighted by atomic mass is 16.1. The van der Waals surface area contributed by atoms with Gasteiger partial charge in [0.1, 0.15) is 5.82 Å². The van der Waals surface area contributed by atoms with E-state index in [0.717, 1.165) is 31.2 Å². The van der Waals surface area contributed by atoms with Crippen molar-refractivity contribution < 1.29 is 4.79 Å². The van der Waals surface area contributed by atoms with Crippen molar-refractivity contribution in [3.8, 4) is 0 Å². The van der Waals surface area contributed by atoms with E-state index in [9.17, 15) is 4.79 Å². The van der Waals surface area contributed by atoms with Crippen LogP contribution in [0.2, 0.25) is 0 Å². The number of carbonyl (C=O) groups is 1. The molecule has 0 aliphatic heterocycles. The molecule has 1 amide bonds. The smallest absolute Gasteiger partial charge is 0.250 e. The Kier molecular flexibility index (Phi) is 3.69. The van der Waals surface area contributed by atoms with Gasteiger partial charge < -0.3 is 16.4 Å². The molecule has 0 saturated heterocycles. The molecule has 0 atom stereocenters. The van der Waals surface area contributed by atoms with Crippen molar-refractivity contribution in [2.75, 3.05) is 23.7 Å². The van der Waals surface area contributed by atoms with Gasteiger partial charge in [-0.2, -0.15) is 0 Å². The molecule has 5 nitrogen and oxygen atoms in total. The first-order valence-electron chi connectivity index (χ1n) is 6.42. The van der Waals surface area contributed by atoms with Crippen LogP contribution in [0.1, 0.15) is 36.5 Å². The van der Waals surface area contributed by atoms with E-state index in [1.54, 1.807) is 6.07 Å². The van der Waals surface area contributed by atoms with Gasteiger partial charge in [-0.05, 0) is 31.2 Å². The fourth-order valence-corrected chi connectivity index (χ4v) is 2.02. The van der Waals surface area contributed by atoms with Crippen LogP contribution in [0.25, 0.3) is 0 Å². The van der Waals surface area contributed by atoms with E-state index in [0.29, 0.717) is 11.3 Å². The molecule has 0 radical (unpaired) electrons. The zero-order valence-corrected chi connectivity index (χ0v) is 10.7. The van der Waals surface area contributed by atoms with E-state index in [4.69, 9.17) is 11.5 Å². The normalized spacial score (nSPS) is 14.5. The molecule has 1 aliphatic rings. The van der Waals surface area contributed by atoms with Crippen molar-refractivity contribution in [2.45, 2.75) is 26.2 Å². The lowest BCUT2D eigenvalue weighted by molar-refractivity contribution is 0.100. The molecule has 0 aromatic carbocycles. The van der Waals surface area contributed by atoms with Crippen molar-refractivity contribution >= 4 is 17.4 Å². The number of amides is 1. The quantitative estimate of drug-likeness (QED) is 0.796. The Labute approximate surface area is 107 Å². The molecule has 1 fully saturated rings. The molecule has 2 rings (SSSR count). The standard InChI is InChI=1S/C13H20N4O/c1-2-5-17(8-9-3-4-9)12-6-10(13(15)18)11(14)7-16-12/h6-7,9H,2-5,8,14H2,1H3,(H2,15,18). The fourth-order valence-electron chi connectivity index (χ4n) is 2.02. The number of carbonyl (C=O) groups excluding carboxylic acids is 1. The lowest BCUT2D eigenvalue weighted by atomic mass is 10.2. The number of hydrogen-bond acceptors (Lipinski definition) is 4. The van der Waals surface area contributed by atoms with Crippen molar-refractivity contribution in [3.05, 3.63) is 17.8 Å². The Morgan fingerprint density at radius 2 is 2.28 bits per heavy atom. The summed E-state index contributed by atoms with van der Waals surface area (Å²) in [5.41, 5.74) is 11.7. The van der Waals surface area contributed by atoms with E-state index in [1.807, 2.05) is 0 Å². The maximum Gasteiger partial charge on any atom is 0.250 e. The summed E-state index contributed by atoms with van der Waals surface area (Å²) < 4.78 is 0. The summed E-state index contributed by atoms with van der Waals surface area (Å²) in [4.78, 5) is 17.8. The Morgan fingerprint density at radius 1 is 1.56 bits per heavy atom. The Hall–Kier alpha value is -1.78. The summed E-state index contributed by atoms with van der Waals surface area (Å²) in [6.07, 6.45) is 5.14. The van der Waals surface area contributed by atoms with Crippen LogP contribution >= 0.6 is 0 Å². The summed E-state index contributed by atoms with van der Waals surface area (Å²) in [5, 5.41) is 0. The monoisotopic (exact) mass is 248 g/mol. The van der Waals surface area contributed by atoms with Gasteiger partial charge in [-0.1, -0.05) is 6.92 Å². The van der Waals surface area contributed by atoms with Gasteiger partial charge in [-0.25, -0.2) is 4.98 Å². The highest BCUT2D eigenvalue weighted by molar-refractivity contribution is 5.98. The number of anilines is 2. The molecule has 5 heteroatoms. The number of nitrogens with zero attached hydrogens (tertiary/aromatic N) is 2. The van der Waals surface area contributed by atoms with Gasteiger partial charge in [0, 0.05) is 13.1 Å². The summed E-state index contributed by atoms with van der Waals surface area (Å²) in [6, 6.07) is 1.70. The van der Waals surface area contributed by atoms with Crippen molar-refractivity contribution in [1.29, 1.82) is 0 Å². The lowest BCUT2D eigenvalue weighted by Gasteiger charge is -2.23. The molecule has 1 aromatic heterocycles. The highest BCUT2D eigenvalue weighted by Gasteiger charge is 2.25. The van der Waals surface area contributed by atoms with Gasteiger partial charge in [0.15, 0.2) is 0 Å². The average molecular weight is 248 g/mol. The van der Waals surface area contributed by atoms with Crippen LogP contribution in [0.15, 0.2) is 12.3 Å². The van der Waals surface area contributed by atoms with Crippen molar-refractivity contribution in [3.63, 3.8) is 0 Å². The van der Waals surface area contributed by atoms with Crippen LogP contribution in [0.5, 0.6) is 0 Å². The van der Waals surface area contributed by atoms with Gasteiger partial charge in [-0.15, -0.1) is 0 Å². The number of hydrogen-bond donors (Lipinski definition) is 2. The fraction of sp³-hybridized carbons (Fsp3) is 0.538. The van der Waals surface area contributed by atoms with Crippen LogP contribution < -0.4 is 16.4 Å². The minimum Gasteiger partial charge on any atom is -0.397 e. The van der Waals surface area contributed by atoms with Gasteiger partial charge in [0.2, 0.25) is 0 Å². The van der Waals surface area contributed by atoms with Crippen LogP contribution in [-0.2, 0) is 0 Å². The minimum absolute atomic E-state index is 0.342. The van der Waals surface area contributed by atoms with Crippen LogP contribution in [0, 0.1) is 5.92 Å². The Morgan fingerprint density at radius 3 is 2.83 bits per heavy atom. The summed E-state index contributed by atoms with van der Waals surface area (Å²) >= 11 is 0. The first-order chi connectivity index (χ1) is 8.61. The molecule has 0 bridgehead atoms. The third-order valence-corrected chi connectivity index (χ3v) is 3.18. The second-order valence-electron chi connectivity index (χ2n) is 4.88. The summed E-state index contributed by atoms with van der Waals surface area (Å²) in [7, 11) is 0. The molecule has 1 heterocycles. The third kappa shape index (κ3) is 2.91. The molecule has 18 heavy (non-hydrogen) atoms. The van der Waals surface area contributed by atoms with Crippen LogP contribution in [0.4, 0.5) is 11.5 Å². The predicted molar refractivity (Wildman–Crippen MR) is 72.4 cm³/mol. The zero-order valence-electron chi connectivity index (χ0n) is 10.7. The number of nitrogen functional groups attached to an aromatic ring is 1. The lowest BCUT2D eigenvalue weighted by Crippen LogP contribution is -2.28. The first kappa shape index (κ1) is 12.7. The van der Waals surface area contributed by atoms with E-state index < -0.39 is 5.91 Å². The van der Waals surface area contributed by atoms with E-state index >= 15 is 0 Å². The van der Waals surface area contributed by atoms with Crippen molar-refractivity contribution in [1.82, 2.24) is 4.98 Å². The zero-order chi connectivity index (χ0) is 13.1. The summed E-state index contributed by atoms with van der Waals surface area (Å²) in [6.45, 7) is 4.07.